The van der Waals surface area contributed by atoms with E-state index in [1.807, 2.05) is 10.6 Å². The van der Waals surface area contributed by atoms with Crippen LogP contribution in [0.2, 0.25) is 0 Å². The zero-order chi connectivity index (χ0) is 22.1. The predicted octanol–water partition coefficient (Wildman–Crippen LogP) is -1.49. The Balaban J connectivity index is 2.90. The Kier molecular flexibility index (Phi) is 8.26. The van der Waals surface area contributed by atoms with Crippen LogP contribution < -0.4 is 10.6 Å². The minimum atomic E-state index is -1.56. The van der Waals surface area contributed by atoms with Gasteiger partial charge in [-0.2, -0.15) is 5.10 Å². The molecule has 0 fully saturated rings. The Morgan fingerprint density at radius 3 is 1.69 bits per heavy atom. The summed E-state index contributed by atoms with van der Waals surface area (Å²) in [5, 5.41) is 45.1. The quantitative estimate of drug-likeness (QED) is 0.208. The number of H-pyrrole nitrogens is 1. The topological polar surface area (TPSA) is 236 Å². The molecular formula is C15H18N4O10. The normalized spacial score (nSPS) is 12.4. The van der Waals surface area contributed by atoms with Gasteiger partial charge in [-0.25, -0.2) is 9.59 Å². The lowest BCUT2D eigenvalue weighted by Gasteiger charge is -2.15. The lowest BCUT2D eigenvalue weighted by Crippen LogP contribution is -2.43. The van der Waals surface area contributed by atoms with Gasteiger partial charge in [0.15, 0.2) is 0 Å². The summed E-state index contributed by atoms with van der Waals surface area (Å²) in [6.07, 6.45) is -0.987. The fourth-order valence-electron chi connectivity index (χ4n) is 2.15. The Bertz CT molecular complexity index is 753. The van der Waals surface area contributed by atoms with Crippen molar-refractivity contribution in [3.05, 3.63) is 17.5 Å². The second-order valence-corrected chi connectivity index (χ2v) is 5.75. The summed E-state index contributed by atoms with van der Waals surface area (Å²) in [6, 6.07) is -3.10. The van der Waals surface area contributed by atoms with Crippen molar-refractivity contribution in [3.8, 4) is 0 Å². The minimum Gasteiger partial charge on any atom is -0.481 e. The Morgan fingerprint density at radius 2 is 1.28 bits per heavy atom. The van der Waals surface area contributed by atoms with Crippen LogP contribution >= 0.6 is 0 Å². The number of carbonyl (C=O) groups is 6. The number of hydrogen-bond donors (Lipinski definition) is 7. The van der Waals surface area contributed by atoms with Crippen LogP contribution in [-0.4, -0.2) is 78.4 Å². The maximum absolute atomic E-state index is 12.3. The standard InChI is InChI=1S/C15H18N4O10/c20-9(21)3-1-7(14(26)27)17-12(24)6-5-16-19-11(6)13(25)18-8(15(28)29)2-4-10(22)23/h5,7-8H,1-4H2,(H,16,19)(H,17,24)(H,18,25)(H,20,21)(H,22,23)(H,26,27)(H,28,29)/t7-,8-/m0/s1. The van der Waals surface area contributed by atoms with Crippen molar-refractivity contribution >= 4 is 35.7 Å². The highest BCUT2D eigenvalue weighted by Crippen LogP contribution is 2.08. The maximum Gasteiger partial charge on any atom is 0.326 e. The number of carbonyl (C=O) groups excluding carboxylic acids is 2. The molecule has 29 heavy (non-hydrogen) atoms. The number of nitrogens with one attached hydrogen (secondary N) is 3. The molecule has 14 nitrogen and oxygen atoms in total. The van der Waals surface area contributed by atoms with Gasteiger partial charge in [-0.1, -0.05) is 0 Å². The van der Waals surface area contributed by atoms with Crippen LogP contribution in [0.15, 0.2) is 6.20 Å². The third-order valence-electron chi connectivity index (χ3n) is 3.61. The number of amides is 2. The Hall–Kier alpha value is -3.97. The number of aromatic amines is 1. The highest BCUT2D eigenvalue weighted by atomic mass is 16.4. The summed E-state index contributed by atoms with van der Waals surface area (Å²) in [5.74, 6) is -7.66. The van der Waals surface area contributed by atoms with E-state index in [1.54, 1.807) is 0 Å². The van der Waals surface area contributed by atoms with Gasteiger partial charge < -0.3 is 31.1 Å². The highest BCUT2D eigenvalue weighted by Gasteiger charge is 2.28. The minimum absolute atomic E-state index is 0.411. The predicted molar refractivity (Wildman–Crippen MR) is 90.1 cm³/mol. The fraction of sp³-hybridized carbons (Fsp3) is 0.400. The molecule has 1 aromatic rings. The van der Waals surface area contributed by atoms with Crippen molar-refractivity contribution in [1.82, 2.24) is 20.8 Å². The number of aromatic nitrogens is 2. The van der Waals surface area contributed by atoms with Gasteiger partial charge in [0.1, 0.15) is 17.8 Å². The van der Waals surface area contributed by atoms with Crippen molar-refractivity contribution in [2.75, 3.05) is 0 Å². The molecule has 0 aliphatic carbocycles. The molecule has 1 rings (SSSR count). The summed E-state index contributed by atoms with van der Waals surface area (Å²) in [6.45, 7) is 0. The van der Waals surface area contributed by atoms with Crippen molar-refractivity contribution in [2.45, 2.75) is 37.8 Å². The van der Waals surface area contributed by atoms with Gasteiger partial charge in [-0.3, -0.25) is 24.3 Å². The largest absolute Gasteiger partial charge is 0.481 e. The van der Waals surface area contributed by atoms with Crippen molar-refractivity contribution in [3.63, 3.8) is 0 Å². The van der Waals surface area contributed by atoms with E-state index in [9.17, 15) is 28.8 Å². The zero-order valence-corrected chi connectivity index (χ0v) is 14.7. The lowest BCUT2D eigenvalue weighted by molar-refractivity contribution is -0.142. The van der Waals surface area contributed by atoms with E-state index >= 15 is 0 Å². The van der Waals surface area contributed by atoms with Crippen molar-refractivity contribution in [2.24, 2.45) is 0 Å². The van der Waals surface area contributed by atoms with E-state index in [-0.39, 0.29) is 0 Å². The SMILES string of the molecule is O=C(O)CC[C@H](NC(=O)c1cn[nH]c1C(=O)N[C@@H](CCC(=O)O)C(=O)O)C(=O)O. The summed E-state index contributed by atoms with van der Waals surface area (Å²) in [5.41, 5.74) is -0.891. The summed E-state index contributed by atoms with van der Waals surface area (Å²) >= 11 is 0. The molecule has 1 aromatic heterocycles. The molecule has 0 bridgehead atoms. The number of aliphatic carboxylic acids is 4. The van der Waals surface area contributed by atoms with Gasteiger partial charge >= 0.3 is 23.9 Å². The summed E-state index contributed by atoms with van der Waals surface area (Å²) < 4.78 is 0. The van der Waals surface area contributed by atoms with Crippen LogP contribution in [0.1, 0.15) is 46.5 Å². The molecule has 7 N–H and O–H groups in total. The zero-order valence-electron chi connectivity index (χ0n) is 14.7. The number of hydrogen-bond acceptors (Lipinski definition) is 7. The van der Waals surface area contributed by atoms with E-state index in [0.717, 1.165) is 6.20 Å². The molecule has 0 aromatic carbocycles. The van der Waals surface area contributed by atoms with Gasteiger partial charge in [0.25, 0.3) is 11.8 Å². The van der Waals surface area contributed by atoms with E-state index in [0.29, 0.717) is 0 Å². The Morgan fingerprint density at radius 1 is 0.828 bits per heavy atom. The highest BCUT2D eigenvalue weighted by molar-refractivity contribution is 6.07. The molecule has 0 saturated heterocycles. The first kappa shape index (κ1) is 23.1. The third kappa shape index (κ3) is 7.28. The Labute approximate surface area is 161 Å². The molecule has 0 unspecified atom stereocenters. The lowest BCUT2D eigenvalue weighted by atomic mass is 10.1. The van der Waals surface area contributed by atoms with E-state index in [4.69, 9.17) is 20.4 Å². The maximum atomic E-state index is 12.3. The molecule has 1 heterocycles. The van der Waals surface area contributed by atoms with Crippen molar-refractivity contribution in [1.29, 1.82) is 0 Å². The molecule has 0 aliphatic rings. The number of carboxylic acids is 4. The molecule has 0 radical (unpaired) electrons. The van der Waals surface area contributed by atoms with Gasteiger partial charge in [0.05, 0.1) is 11.8 Å². The van der Waals surface area contributed by atoms with E-state index in [1.165, 1.54) is 0 Å². The van der Waals surface area contributed by atoms with Gasteiger partial charge in [0, 0.05) is 12.8 Å². The van der Waals surface area contributed by atoms with Crippen LogP contribution in [0.4, 0.5) is 0 Å². The van der Waals surface area contributed by atoms with Crippen LogP contribution in [0.25, 0.3) is 0 Å². The molecule has 14 heteroatoms. The first-order valence-electron chi connectivity index (χ1n) is 8.07. The van der Waals surface area contributed by atoms with Gasteiger partial charge in [-0.15, -0.1) is 0 Å². The monoisotopic (exact) mass is 414 g/mol. The van der Waals surface area contributed by atoms with Gasteiger partial charge in [0.2, 0.25) is 0 Å². The summed E-state index contributed by atoms with van der Waals surface area (Å²) in [7, 11) is 0. The average molecular weight is 414 g/mol. The second kappa shape index (κ2) is 10.4. The molecule has 0 saturated carbocycles. The first-order chi connectivity index (χ1) is 13.5. The summed E-state index contributed by atoms with van der Waals surface area (Å²) in [4.78, 5) is 68.0. The molecule has 2 amide bonds. The number of rotatable bonds is 12. The third-order valence-corrected chi connectivity index (χ3v) is 3.61. The average Bonchev–Trinajstić information content (AvgIpc) is 3.10. The first-order valence-corrected chi connectivity index (χ1v) is 8.07. The van der Waals surface area contributed by atoms with Crippen molar-refractivity contribution < 1.29 is 49.2 Å². The number of carboxylic acid groups (broad SMARTS) is 4. The van der Waals surface area contributed by atoms with Crippen LogP contribution in [0.3, 0.4) is 0 Å². The van der Waals surface area contributed by atoms with Crippen LogP contribution in [0, 0.1) is 0 Å². The molecular weight excluding hydrogens is 396 g/mol. The smallest absolute Gasteiger partial charge is 0.326 e. The van der Waals surface area contributed by atoms with Gasteiger partial charge in [-0.05, 0) is 12.8 Å². The molecule has 0 spiro atoms. The second-order valence-electron chi connectivity index (χ2n) is 5.75. The van der Waals surface area contributed by atoms with Crippen LogP contribution in [0.5, 0.6) is 0 Å². The van der Waals surface area contributed by atoms with Crippen LogP contribution in [-0.2, 0) is 19.2 Å². The number of nitrogens with zero attached hydrogens (tertiary/aromatic N) is 1. The van der Waals surface area contributed by atoms with E-state index in [2.05, 4.69) is 10.2 Å². The van der Waals surface area contributed by atoms with E-state index < -0.39 is 84.7 Å². The molecule has 158 valence electrons. The molecule has 2 atom stereocenters. The fourth-order valence-corrected chi connectivity index (χ4v) is 2.15. The molecule has 0 aliphatic heterocycles.